The Kier molecular flexibility index (Phi) is 4.87. The minimum absolute atomic E-state index is 0. The second-order valence-corrected chi connectivity index (χ2v) is 5.11. The van der Waals surface area contributed by atoms with Crippen molar-refractivity contribution in [2.24, 2.45) is 0 Å². The Morgan fingerprint density at radius 1 is 1.47 bits per heavy atom. The molecule has 0 aromatic rings. The van der Waals surface area contributed by atoms with Crippen molar-refractivity contribution < 1.29 is 9.53 Å². The van der Waals surface area contributed by atoms with Crippen LogP contribution in [0.5, 0.6) is 0 Å². The van der Waals surface area contributed by atoms with Gasteiger partial charge in [0, 0.05) is 6.54 Å². The van der Waals surface area contributed by atoms with Crippen LogP contribution in [0.3, 0.4) is 0 Å². The quantitative estimate of drug-likeness (QED) is 0.729. The summed E-state index contributed by atoms with van der Waals surface area (Å²) in [4.78, 5) is 11.5. The molecule has 0 spiro atoms. The van der Waals surface area contributed by atoms with Gasteiger partial charge in [0.25, 0.3) is 0 Å². The number of ether oxygens (including phenoxy) is 1. The normalized spacial score (nSPS) is 25.6. The summed E-state index contributed by atoms with van der Waals surface area (Å²) in [6, 6.07) is 0. The second-order valence-electron chi connectivity index (χ2n) is 5.11. The number of alkyl carbamates (subject to hydrolysis) is 1. The van der Waals surface area contributed by atoms with Crippen molar-refractivity contribution in [1.29, 1.82) is 0 Å². The van der Waals surface area contributed by atoms with E-state index in [1.54, 1.807) is 0 Å². The van der Waals surface area contributed by atoms with Crippen LogP contribution < -0.4 is 10.6 Å². The molecule has 2 N–H and O–H groups in total. The molecule has 1 amide bonds. The summed E-state index contributed by atoms with van der Waals surface area (Å²) < 4.78 is 5.19. The number of carbonyl (C=O) groups excluding carboxylic acids is 1. The molecule has 1 fully saturated rings. The SMILES string of the molecule is CC(C)(C)OC(=O)N[C@]1(C)CCNC1.Cl. The fourth-order valence-corrected chi connectivity index (χ4v) is 1.47. The fourth-order valence-electron chi connectivity index (χ4n) is 1.47. The molecular formula is C10H21ClN2O2. The first kappa shape index (κ1) is 14.5. The van der Waals surface area contributed by atoms with E-state index in [0.29, 0.717) is 0 Å². The van der Waals surface area contributed by atoms with Gasteiger partial charge in [-0.15, -0.1) is 12.4 Å². The number of nitrogens with one attached hydrogen (secondary N) is 2. The highest BCUT2D eigenvalue weighted by Crippen LogP contribution is 2.15. The minimum Gasteiger partial charge on any atom is -0.444 e. The molecular weight excluding hydrogens is 216 g/mol. The van der Waals surface area contributed by atoms with E-state index in [-0.39, 0.29) is 24.0 Å². The van der Waals surface area contributed by atoms with Crippen LogP contribution in [0.4, 0.5) is 4.79 Å². The Hall–Kier alpha value is -0.480. The van der Waals surface area contributed by atoms with E-state index in [1.807, 2.05) is 27.7 Å². The van der Waals surface area contributed by atoms with Gasteiger partial charge in [-0.05, 0) is 40.7 Å². The number of amides is 1. The molecule has 15 heavy (non-hydrogen) atoms. The first-order valence-corrected chi connectivity index (χ1v) is 5.03. The summed E-state index contributed by atoms with van der Waals surface area (Å²) in [5.41, 5.74) is -0.575. The summed E-state index contributed by atoms with van der Waals surface area (Å²) in [5.74, 6) is 0. The van der Waals surface area contributed by atoms with Gasteiger partial charge in [0.2, 0.25) is 0 Å². The molecule has 0 bridgehead atoms. The molecule has 0 radical (unpaired) electrons. The van der Waals surface area contributed by atoms with Crippen LogP contribution in [-0.2, 0) is 4.74 Å². The van der Waals surface area contributed by atoms with Gasteiger partial charge in [-0.1, -0.05) is 0 Å². The van der Waals surface area contributed by atoms with Crippen molar-refractivity contribution in [2.75, 3.05) is 13.1 Å². The lowest BCUT2D eigenvalue weighted by atomic mass is 10.0. The van der Waals surface area contributed by atoms with Crippen molar-refractivity contribution in [3.63, 3.8) is 0 Å². The lowest BCUT2D eigenvalue weighted by Crippen LogP contribution is -2.49. The van der Waals surface area contributed by atoms with Crippen LogP contribution in [0, 0.1) is 0 Å². The smallest absolute Gasteiger partial charge is 0.408 e. The Morgan fingerprint density at radius 2 is 2.07 bits per heavy atom. The molecule has 4 nitrogen and oxygen atoms in total. The summed E-state index contributed by atoms with van der Waals surface area (Å²) in [6.45, 7) is 9.38. The largest absolute Gasteiger partial charge is 0.444 e. The predicted molar refractivity (Wildman–Crippen MR) is 62.5 cm³/mol. The predicted octanol–water partition coefficient (Wildman–Crippen LogP) is 1.68. The maximum absolute atomic E-state index is 11.5. The van der Waals surface area contributed by atoms with Crippen molar-refractivity contribution in [1.82, 2.24) is 10.6 Å². The van der Waals surface area contributed by atoms with Crippen molar-refractivity contribution in [3.8, 4) is 0 Å². The Morgan fingerprint density at radius 3 is 2.47 bits per heavy atom. The number of halogens is 1. The maximum atomic E-state index is 11.5. The average molecular weight is 237 g/mol. The van der Waals surface area contributed by atoms with Gasteiger partial charge in [0.15, 0.2) is 0 Å². The summed E-state index contributed by atoms with van der Waals surface area (Å²) in [5, 5.41) is 6.10. The highest BCUT2D eigenvalue weighted by molar-refractivity contribution is 5.85. The Labute approximate surface area is 97.5 Å². The standard InChI is InChI=1S/C10H20N2O2.ClH/c1-9(2,3)14-8(13)12-10(4)5-6-11-7-10;/h11H,5-7H2,1-4H3,(H,12,13);1H/t10-;/m1./s1. The van der Waals surface area contributed by atoms with E-state index in [9.17, 15) is 4.79 Å². The molecule has 1 aliphatic heterocycles. The van der Waals surface area contributed by atoms with Crippen molar-refractivity contribution in [2.45, 2.75) is 45.3 Å². The molecule has 1 rings (SSSR count). The van der Waals surface area contributed by atoms with Crippen LogP contribution in [0.15, 0.2) is 0 Å². The molecule has 1 aliphatic rings. The highest BCUT2D eigenvalue weighted by Gasteiger charge is 2.31. The fraction of sp³-hybridized carbons (Fsp3) is 0.900. The molecule has 0 aromatic heterocycles. The highest BCUT2D eigenvalue weighted by atomic mass is 35.5. The van der Waals surface area contributed by atoms with E-state index >= 15 is 0 Å². The molecule has 1 atom stereocenters. The molecule has 5 heteroatoms. The molecule has 1 heterocycles. The van der Waals surface area contributed by atoms with Gasteiger partial charge >= 0.3 is 6.09 Å². The van der Waals surface area contributed by atoms with Gasteiger partial charge in [-0.3, -0.25) is 0 Å². The van der Waals surface area contributed by atoms with Gasteiger partial charge in [0.05, 0.1) is 5.54 Å². The lowest BCUT2D eigenvalue weighted by Gasteiger charge is -2.27. The first-order chi connectivity index (χ1) is 6.31. The maximum Gasteiger partial charge on any atom is 0.408 e. The van der Waals surface area contributed by atoms with Crippen molar-refractivity contribution >= 4 is 18.5 Å². The third kappa shape index (κ3) is 5.23. The average Bonchev–Trinajstić information content (AvgIpc) is 2.30. The zero-order valence-electron chi connectivity index (χ0n) is 9.85. The molecule has 90 valence electrons. The van der Waals surface area contributed by atoms with E-state index in [4.69, 9.17) is 4.74 Å². The van der Waals surface area contributed by atoms with Crippen LogP contribution in [0.25, 0.3) is 0 Å². The van der Waals surface area contributed by atoms with Crippen LogP contribution in [0.2, 0.25) is 0 Å². The van der Waals surface area contributed by atoms with Crippen LogP contribution >= 0.6 is 12.4 Å². The topological polar surface area (TPSA) is 50.4 Å². The minimum atomic E-state index is -0.424. The number of rotatable bonds is 1. The van der Waals surface area contributed by atoms with E-state index in [1.165, 1.54) is 0 Å². The molecule has 0 aromatic carbocycles. The zero-order valence-corrected chi connectivity index (χ0v) is 10.7. The van der Waals surface area contributed by atoms with Crippen LogP contribution in [-0.4, -0.2) is 30.3 Å². The summed E-state index contributed by atoms with van der Waals surface area (Å²) in [6.07, 6.45) is 0.621. The number of hydrogen-bond donors (Lipinski definition) is 2. The van der Waals surface area contributed by atoms with E-state index in [2.05, 4.69) is 10.6 Å². The zero-order chi connectivity index (χ0) is 10.8. The van der Waals surface area contributed by atoms with Gasteiger partial charge in [-0.25, -0.2) is 4.79 Å². The third-order valence-electron chi connectivity index (χ3n) is 2.17. The van der Waals surface area contributed by atoms with Gasteiger partial charge < -0.3 is 15.4 Å². The summed E-state index contributed by atoms with van der Waals surface area (Å²) >= 11 is 0. The van der Waals surface area contributed by atoms with Gasteiger partial charge in [-0.2, -0.15) is 0 Å². The van der Waals surface area contributed by atoms with E-state index < -0.39 is 5.60 Å². The molecule has 0 aliphatic carbocycles. The van der Waals surface area contributed by atoms with Gasteiger partial charge in [0.1, 0.15) is 5.60 Å². The molecule has 1 saturated heterocycles. The number of carbonyl (C=O) groups is 1. The van der Waals surface area contributed by atoms with Crippen LogP contribution in [0.1, 0.15) is 34.1 Å². The summed E-state index contributed by atoms with van der Waals surface area (Å²) in [7, 11) is 0. The second kappa shape index (κ2) is 5.03. The lowest BCUT2D eigenvalue weighted by molar-refractivity contribution is 0.0472. The van der Waals surface area contributed by atoms with Crippen molar-refractivity contribution in [3.05, 3.63) is 0 Å². The first-order valence-electron chi connectivity index (χ1n) is 5.03. The molecule has 0 unspecified atom stereocenters. The van der Waals surface area contributed by atoms with E-state index in [0.717, 1.165) is 19.5 Å². The molecule has 0 saturated carbocycles. The number of hydrogen-bond acceptors (Lipinski definition) is 3. The Bertz CT molecular complexity index is 220. The monoisotopic (exact) mass is 236 g/mol. The third-order valence-corrected chi connectivity index (χ3v) is 2.17. The Balaban J connectivity index is 0.00000196.